The molecule has 0 unspecified atom stereocenters. The smallest absolute Gasteiger partial charge is 0.408 e. The molecule has 0 radical (unpaired) electrons. The Kier molecular flexibility index (Phi) is 4.01. The van der Waals surface area contributed by atoms with Crippen LogP contribution < -0.4 is 11.1 Å². The second kappa shape index (κ2) is 6.69. The lowest BCUT2D eigenvalue weighted by molar-refractivity contribution is -0.118. The highest BCUT2D eigenvalue weighted by molar-refractivity contribution is 5.94. The number of amides is 1. The summed E-state index contributed by atoms with van der Waals surface area (Å²) in [6.45, 7) is 1.66. The Balaban J connectivity index is 1.41. The molecule has 2 heterocycles. The van der Waals surface area contributed by atoms with Gasteiger partial charge in [-0.2, -0.15) is 0 Å². The highest BCUT2D eigenvalue weighted by Gasteiger charge is 2.28. The summed E-state index contributed by atoms with van der Waals surface area (Å²) >= 11 is 0. The average Bonchev–Trinajstić information content (AvgIpc) is 3.35. The number of tetrazole rings is 1. The van der Waals surface area contributed by atoms with Gasteiger partial charge in [-0.1, -0.05) is 24.3 Å². The molecular weight excluding hydrogens is 372 g/mol. The quantitative estimate of drug-likeness (QED) is 0.561. The summed E-state index contributed by atoms with van der Waals surface area (Å²) < 4.78 is 8.40. The third-order valence-corrected chi connectivity index (χ3v) is 5.06. The van der Waals surface area contributed by atoms with Crippen molar-refractivity contribution in [3.05, 3.63) is 59.1 Å². The highest BCUT2D eigenvalue weighted by Crippen LogP contribution is 2.36. The molecule has 0 aliphatic heterocycles. The van der Waals surface area contributed by atoms with E-state index in [1.54, 1.807) is 37.3 Å². The van der Waals surface area contributed by atoms with Crippen molar-refractivity contribution in [3.8, 4) is 11.4 Å². The number of rotatable bonds is 5. The van der Waals surface area contributed by atoms with Crippen molar-refractivity contribution in [2.45, 2.75) is 31.8 Å². The fraction of sp³-hybridized carbons (Fsp3) is 0.250. The number of fused-ring (bicyclic) bond motifs is 1. The Morgan fingerprint density at radius 2 is 2.03 bits per heavy atom. The standard InChI is InChI=1S/C20H18N6O3/c1-12(25-16-7-2-3-8-17(16)29-20(25)28)19(27)21-14-6-4-5-13(11-14)18-22-23-24-26(18)15-9-10-15/h2-8,11-12,15H,9-10H2,1H3,(H,21,27)/t12-/m0/s1. The third-order valence-electron chi connectivity index (χ3n) is 5.06. The number of para-hydroxylation sites is 2. The van der Waals surface area contributed by atoms with Crippen LogP contribution in [0, 0.1) is 0 Å². The zero-order valence-electron chi connectivity index (χ0n) is 15.6. The van der Waals surface area contributed by atoms with E-state index in [0.717, 1.165) is 18.4 Å². The minimum Gasteiger partial charge on any atom is -0.408 e. The largest absolute Gasteiger partial charge is 0.420 e. The summed E-state index contributed by atoms with van der Waals surface area (Å²) in [5.41, 5.74) is 2.45. The predicted octanol–water partition coefficient (Wildman–Crippen LogP) is 2.78. The normalized spacial score (nSPS) is 14.8. The number of anilines is 1. The number of nitrogens with zero attached hydrogens (tertiary/aromatic N) is 5. The molecule has 1 fully saturated rings. The summed E-state index contributed by atoms with van der Waals surface area (Å²) in [7, 11) is 0. The molecule has 1 amide bonds. The van der Waals surface area contributed by atoms with Crippen LogP contribution in [0.3, 0.4) is 0 Å². The molecule has 9 heteroatoms. The van der Waals surface area contributed by atoms with E-state index >= 15 is 0 Å². The first-order chi connectivity index (χ1) is 14.1. The van der Waals surface area contributed by atoms with Gasteiger partial charge in [0.15, 0.2) is 11.4 Å². The van der Waals surface area contributed by atoms with Crippen molar-refractivity contribution in [1.29, 1.82) is 0 Å². The first-order valence-electron chi connectivity index (χ1n) is 9.41. The number of hydrogen-bond acceptors (Lipinski definition) is 6. The molecule has 4 aromatic rings. The Morgan fingerprint density at radius 3 is 2.86 bits per heavy atom. The minimum absolute atomic E-state index is 0.322. The van der Waals surface area contributed by atoms with Gasteiger partial charge in [-0.05, 0) is 54.5 Å². The number of nitrogens with one attached hydrogen (secondary N) is 1. The summed E-state index contributed by atoms with van der Waals surface area (Å²) in [5.74, 6) is -0.211. The lowest BCUT2D eigenvalue weighted by Gasteiger charge is -2.14. The van der Waals surface area contributed by atoms with Crippen molar-refractivity contribution < 1.29 is 9.21 Å². The van der Waals surface area contributed by atoms with Crippen LogP contribution in [0.5, 0.6) is 0 Å². The van der Waals surface area contributed by atoms with Crippen LogP contribution in [0.1, 0.15) is 31.8 Å². The summed E-state index contributed by atoms with van der Waals surface area (Å²) in [4.78, 5) is 25.1. The minimum atomic E-state index is -0.744. The predicted molar refractivity (Wildman–Crippen MR) is 105 cm³/mol. The van der Waals surface area contributed by atoms with Crippen LogP contribution in [0.4, 0.5) is 5.69 Å². The van der Waals surface area contributed by atoms with E-state index in [0.29, 0.717) is 28.7 Å². The molecule has 1 aliphatic rings. The van der Waals surface area contributed by atoms with Crippen molar-refractivity contribution in [1.82, 2.24) is 24.8 Å². The lowest BCUT2D eigenvalue weighted by atomic mass is 10.1. The van der Waals surface area contributed by atoms with E-state index in [1.807, 2.05) is 22.9 Å². The second-order valence-electron chi connectivity index (χ2n) is 7.13. The summed E-state index contributed by atoms with van der Waals surface area (Å²) in [5, 5.41) is 14.8. The molecule has 0 bridgehead atoms. The summed E-state index contributed by atoms with van der Waals surface area (Å²) in [6.07, 6.45) is 2.14. The van der Waals surface area contributed by atoms with Gasteiger partial charge in [0.1, 0.15) is 6.04 Å². The van der Waals surface area contributed by atoms with Gasteiger partial charge in [0.25, 0.3) is 0 Å². The Morgan fingerprint density at radius 1 is 1.21 bits per heavy atom. The number of oxazole rings is 1. The van der Waals surface area contributed by atoms with Crippen molar-refractivity contribution >= 4 is 22.7 Å². The first-order valence-corrected chi connectivity index (χ1v) is 9.41. The lowest BCUT2D eigenvalue weighted by Crippen LogP contribution is -2.29. The molecule has 146 valence electrons. The molecule has 9 nitrogen and oxygen atoms in total. The van der Waals surface area contributed by atoms with Crippen molar-refractivity contribution in [2.24, 2.45) is 0 Å². The monoisotopic (exact) mass is 390 g/mol. The van der Waals surface area contributed by atoms with Crippen molar-refractivity contribution in [2.75, 3.05) is 5.32 Å². The zero-order valence-corrected chi connectivity index (χ0v) is 15.6. The van der Waals surface area contributed by atoms with Gasteiger partial charge in [0.2, 0.25) is 5.91 Å². The zero-order chi connectivity index (χ0) is 20.0. The van der Waals surface area contributed by atoms with E-state index in [-0.39, 0.29) is 5.91 Å². The molecule has 2 aromatic carbocycles. The molecule has 29 heavy (non-hydrogen) atoms. The van der Waals surface area contributed by atoms with Crippen LogP contribution in [-0.4, -0.2) is 30.7 Å². The Labute approximate surface area is 164 Å². The van der Waals surface area contributed by atoms with E-state index in [2.05, 4.69) is 20.8 Å². The number of hydrogen-bond donors (Lipinski definition) is 1. The molecule has 1 atom stereocenters. The molecule has 0 saturated heterocycles. The molecule has 1 aliphatic carbocycles. The maximum absolute atomic E-state index is 12.8. The van der Waals surface area contributed by atoms with Gasteiger partial charge in [0, 0.05) is 11.3 Å². The second-order valence-corrected chi connectivity index (χ2v) is 7.13. The van der Waals surface area contributed by atoms with E-state index in [4.69, 9.17) is 4.42 Å². The number of carbonyl (C=O) groups excluding carboxylic acids is 1. The topological polar surface area (TPSA) is 108 Å². The fourth-order valence-corrected chi connectivity index (χ4v) is 3.40. The van der Waals surface area contributed by atoms with E-state index in [9.17, 15) is 9.59 Å². The molecular formula is C20H18N6O3. The number of carbonyl (C=O) groups is 1. The van der Waals surface area contributed by atoms with Gasteiger partial charge in [-0.25, -0.2) is 9.48 Å². The molecule has 2 aromatic heterocycles. The van der Waals surface area contributed by atoms with Gasteiger partial charge < -0.3 is 9.73 Å². The van der Waals surface area contributed by atoms with Gasteiger partial charge >= 0.3 is 5.76 Å². The highest BCUT2D eigenvalue weighted by atomic mass is 16.4. The van der Waals surface area contributed by atoms with Crippen LogP contribution in [-0.2, 0) is 4.79 Å². The van der Waals surface area contributed by atoms with Crippen LogP contribution in [0.15, 0.2) is 57.7 Å². The van der Waals surface area contributed by atoms with Crippen LogP contribution in [0.2, 0.25) is 0 Å². The first kappa shape index (κ1) is 17.4. The molecule has 5 rings (SSSR count). The SMILES string of the molecule is C[C@@H](C(=O)Nc1cccc(-c2nnnn2C2CC2)c1)n1c(=O)oc2ccccc21. The Hall–Kier alpha value is -3.75. The van der Waals surface area contributed by atoms with Gasteiger partial charge in [-0.3, -0.25) is 9.36 Å². The Bertz CT molecular complexity index is 1270. The van der Waals surface area contributed by atoms with Crippen molar-refractivity contribution in [3.63, 3.8) is 0 Å². The van der Waals surface area contributed by atoms with Crippen LogP contribution >= 0.6 is 0 Å². The average molecular weight is 390 g/mol. The number of aromatic nitrogens is 5. The van der Waals surface area contributed by atoms with Gasteiger partial charge in [0.05, 0.1) is 11.6 Å². The van der Waals surface area contributed by atoms with Crippen LogP contribution in [0.25, 0.3) is 22.5 Å². The molecule has 1 saturated carbocycles. The molecule has 1 N–H and O–H groups in total. The fourth-order valence-electron chi connectivity index (χ4n) is 3.40. The maximum atomic E-state index is 12.8. The maximum Gasteiger partial charge on any atom is 0.420 e. The molecule has 0 spiro atoms. The van der Waals surface area contributed by atoms with Gasteiger partial charge in [-0.15, -0.1) is 5.10 Å². The summed E-state index contributed by atoms with van der Waals surface area (Å²) in [6, 6.07) is 14.0. The third kappa shape index (κ3) is 3.10. The van der Waals surface area contributed by atoms with E-state index < -0.39 is 11.8 Å². The number of benzene rings is 2. The van der Waals surface area contributed by atoms with E-state index in [1.165, 1.54) is 4.57 Å².